The highest BCUT2D eigenvalue weighted by Gasteiger charge is 2.27. The molecular formula is C26H24FN5OS. The highest BCUT2D eigenvalue weighted by atomic mass is 32.1. The van der Waals surface area contributed by atoms with E-state index in [-0.39, 0.29) is 11.7 Å². The average molecular weight is 474 g/mol. The fourth-order valence-electron chi connectivity index (χ4n) is 4.95. The molecule has 8 heteroatoms. The van der Waals surface area contributed by atoms with Crippen LogP contribution < -0.4 is 0 Å². The molecule has 1 saturated heterocycles. The van der Waals surface area contributed by atoms with E-state index in [4.69, 9.17) is 0 Å². The van der Waals surface area contributed by atoms with Crippen molar-refractivity contribution >= 4 is 38.5 Å². The van der Waals surface area contributed by atoms with Gasteiger partial charge in [0, 0.05) is 36.3 Å². The second-order valence-corrected chi connectivity index (χ2v) is 9.94. The van der Waals surface area contributed by atoms with Crippen LogP contribution in [-0.4, -0.2) is 43.6 Å². The van der Waals surface area contributed by atoms with Gasteiger partial charge in [0.15, 0.2) is 0 Å². The molecule has 0 saturated carbocycles. The number of aromatic amines is 1. The summed E-state index contributed by atoms with van der Waals surface area (Å²) in [6, 6.07) is 12.5. The van der Waals surface area contributed by atoms with Crippen molar-refractivity contribution in [2.24, 2.45) is 0 Å². The number of nitrogens with zero attached hydrogens (tertiary/aromatic N) is 4. The number of carbonyl (C=O) groups excluding carboxylic acids is 1. The summed E-state index contributed by atoms with van der Waals surface area (Å²) >= 11 is 1.49. The number of piperidine rings is 1. The quantitative estimate of drug-likeness (QED) is 0.375. The number of amides is 1. The molecule has 0 spiro atoms. The van der Waals surface area contributed by atoms with Gasteiger partial charge in [0.05, 0.1) is 17.1 Å². The van der Waals surface area contributed by atoms with Gasteiger partial charge in [-0.25, -0.2) is 9.37 Å². The first-order valence-corrected chi connectivity index (χ1v) is 12.3. The number of rotatable bonds is 4. The number of halogens is 1. The largest absolute Gasteiger partial charge is 0.346 e. The number of aryl methyl sites for hydroxylation is 1. The van der Waals surface area contributed by atoms with Crippen LogP contribution in [0.15, 0.2) is 54.9 Å². The molecule has 1 aliphatic heterocycles. The monoisotopic (exact) mass is 473 g/mol. The maximum Gasteiger partial charge on any atom is 0.264 e. The van der Waals surface area contributed by atoms with Gasteiger partial charge in [0.2, 0.25) is 0 Å². The number of thiophene rings is 1. The van der Waals surface area contributed by atoms with E-state index in [0.717, 1.165) is 57.9 Å². The van der Waals surface area contributed by atoms with E-state index in [2.05, 4.69) is 27.3 Å². The lowest BCUT2D eigenvalue weighted by atomic mass is 9.89. The number of hydrogen-bond acceptors (Lipinski definition) is 4. The Kier molecular flexibility index (Phi) is 5.17. The summed E-state index contributed by atoms with van der Waals surface area (Å²) < 4.78 is 15.2. The molecular weight excluding hydrogens is 449 g/mol. The Morgan fingerprint density at radius 1 is 1.18 bits per heavy atom. The number of hydrogen-bond donors (Lipinski definition) is 1. The molecule has 0 atom stereocenters. The summed E-state index contributed by atoms with van der Waals surface area (Å²) in [6.45, 7) is 3.99. The van der Waals surface area contributed by atoms with Crippen molar-refractivity contribution in [2.45, 2.75) is 32.2 Å². The van der Waals surface area contributed by atoms with Gasteiger partial charge in [-0.15, -0.1) is 11.3 Å². The second kappa shape index (κ2) is 8.36. The minimum atomic E-state index is -0.250. The lowest BCUT2D eigenvalue weighted by Crippen LogP contribution is -2.37. The molecule has 1 aliphatic rings. The molecule has 172 valence electrons. The highest BCUT2D eigenvalue weighted by molar-refractivity contribution is 7.20. The average Bonchev–Trinajstić information content (AvgIpc) is 3.56. The van der Waals surface area contributed by atoms with Crippen molar-refractivity contribution in [1.29, 1.82) is 0 Å². The van der Waals surface area contributed by atoms with Crippen LogP contribution in [0.1, 0.15) is 45.3 Å². The molecule has 1 fully saturated rings. The predicted octanol–water partition coefficient (Wildman–Crippen LogP) is 5.49. The number of H-pyrrole nitrogens is 1. The minimum Gasteiger partial charge on any atom is -0.346 e. The lowest BCUT2D eigenvalue weighted by molar-refractivity contribution is 0.0718. The number of likely N-dealkylation sites (tertiary alicyclic amines) is 1. The molecule has 6 nitrogen and oxygen atoms in total. The lowest BCUT2D eigenvalue weighted by Gasteiger charge is -2.31. The molecule has 5 aromatic rings. The Balaban J connectivity index is 1.19. The third kappa shape index (κ3) is 3.68. The molecule has 4 aromatic heterocycles. The first-order valence-electron chi connectivity index (χ1n) is 11.5. The van der Waals surface area contributed by atoms with Crippen molar-refractivity contribution in [1.82, 2.24) is 24.6 Å². The molecule has 0 aliphatic carbocycles. The van der Waals surface area contributed by atoms with Crippen LogP contribution in [-0.2, 0) is 6.54 Å². The summed E-state index contributed by atoms with van der Waals surface area (Å²) in [7, 11) is 0. The molecule has 1 amide bonds. The molecule has 1 aromatic carbocycles. The van der Waals surface area contributed by atoms with Gasteiger partial charge in [-0.05, 0) is 67.1 Å². The number of aromatic nitrogens is 4. The Hall–Kier alpha value is -3.52. The Morgan fingerprint density at radius 2 is 1.97 bits per heavy atom. The summed E-state index contributed by atoms with van der Waals surface area (Å²) in [5.41, 5.74) is 4.10. The van der Waals surface area contributed by atoms with Crippen LogP contribution in [0.25, 0.3) is 21.3 Å². The fraction of sp³-hybridized carbons (Fsp3) is 0.269. The molecule has 1 N–H and O–H groups in total. The van der Waals surface area contributed by atoms with Crippen molar-refractivity contribution in [3.8, 4) is 0 Å². The topological polar surface area (TPSA) is 66.8 Å². The van der Waals surface area contributed by atoms with E-state index in [0.29, 0.717) is 12.5 Å². The number of nitrogens with one attached hydrogen (secondary N) is 1. The molecule has 0 unspecified atom stereocenters. The van der Waals surface area contributed by atoms with Crippen LogP contribution in [0.2, 0.25) is 0 Å². The van der Waals surface area contributed by atoms with E-state index in [1.165, 1.54) is 34.4 Å². The van der Waals surface area contributed by atoms with E-state index in [9.17, 15) is 9.18 Å². The summed E-state index contributed by atoms with van der Waals surface area (Å²) in [5, 5.41) is 6.83. The Bertz CT molecular complexity index is 1490. The van der Waals surface area contributed by atoms with Crippen molar-refractivity contribution in [3.05, 3.63) is 82.4 Å². The molecule has 6 rings (SSSR count). The van der Waals surface area contributed by atoms with Crippen LogP contribution in [0.5, 0.6) is 0 Å². The van der Waals surface area contributed by atoms with Gasteiger partial charge < -0.3 is 9.88 Å². The van der Waals surface area contributed by atoms with Gasteiger partial charge in [-0.3, -0.25) is 9.48 Å². The Morgan fingerprint density at radius 3 is 2.76 bits per heavy atom. The highest BCUT2D eigenvalue weighted by Crippen LogP contribution is 2.34. The zero-order valence-corrected chi connectivity index (χ0v) is 19.6. The van der Waals surface area contributed by atoms with Gasteiger partial charge in [0.1, 0.15) is 16.3 Å². The summed E-state index contributed by atoms with van der Waals surface area (Å²) in [6.07, 6.45) is 5.75. The van der Waals surface area contributed by atoms with Crippen LogP contribution in [0, 0.1) is 12.7 Å². The molecule has 34 heavy (non-hydrogen) atoms. The van der Waals surface area contributed by atoms with Gasteiger partial charge in [-0.1, -0.05) is 12.1 Å². The van der Waals surface area contributed by atoms with Gasteiger partial charge in [-0.2, -0.15) is 5.10 Å². The standard InChI is InChI=1S/C26H24FN5OS/c1-16-21-13-23(34-26(21)32(30-16)15-17-4-6-19(27)7-5-17)25(33)31-11-8-18(9-12-31)22-14-29-24-20(22)3-2-10-28-24/h2-7,10,13-14,18H,8-9,11-12,15H2,1H3,(H,28,29). The van der Waals surface area contributed by atoms with Gasteiger partial charge in [0.25, 0.3) is 5.91 Å². The Labute approximate surface area is 200 Å². The first kappa shape index (κ1) is 21.0. The van der Waals surface area contributed by atoms with E-state index < -0.39 is 0 Å². The molecule has 0 bridgehead atoms. The second-order valence-electron chi connectivity index (χ2n) is 8.91. The smallest absolute Gasteiger partial charge is 0.264 e. The normalized spacial score (nSPS) is 14.9. The summed E-state index contributed by atoms with van der Waals surface area (Å²) in [5.74, 6) is 0.267. The number of fused-ring (bicyclic) bond motifs is 2. The van der Waals surface area contributed by atoms with Crippen molar-refractivity contribution in [2.75, 3.05) is 13.1 Å². The number of benzene rings is 1. The van der Waals surface area contributed by atoms with Crippen LogP contribution >= 0.6 is 11.3 Å². The van der Waals surface area contributed by atoms with Crippen LogP contribution in [0.4, 0.5) is 4.39 Å². The predicted molar refractivity (Wildman–Crippen MR) is 132 cm³/mol. The zero-order valence-electron chi connectivity index (χ0n) is 18.8. The molecule has 0 radical (unpaired) electrons. The number of pyridine rings is 1. The van der Waals surface area contributed by atoms with Crippen molar-refractivity contribution < 1.29 is 9.18 Å². The number of carbonyl (C=O) groups is 1. The van der Waals surface area contributed by atoms with E-state index in [1.54, 1.807) is 18.3 Å². The maximum atomic E-state index is 13.3. The van der Waals surface area contributed by atoms with Crippen LogP contribution in [0.3, 0.4) is 0 Å². The third-order valence-electron chi connectivity index (χ3n) is 6.77. The summed E-state index contributed by atoms with van der Waals surface area (Å²) in [4.78, 5) is 24.7. The third-order valence-corrected chi connectivity index (χ3v) is 7.91. The SMILES string of the molecule is Cc1nn(Cc2ccc(F)cc2)c2sc(C(=O)N3CCC(c4c[nH]c5ncccc45)CC3)cc12. The first-order chi connectivity index (χ1) is 16.6. The van der Waals surface area contributed by atoms with E-state index in [1.807, 2.05) is 28.6 Å². The molecule has 5 heterocycles. The van der Waals surface area contributed by atoms with Gasteiger partial charge >= 0.3 is 0 Å². The maximum absolute atomic E-state index is 13.3. The minimum absolute atomic E-state index is 0.0907. The van der Waals surface area contributed by atoms with Crippen molar-refractivity contribution in [3.63, 3.8) is 0 Å². The zero-order chi connectivity index (χ0) is 23.2. The fourth-order valence-corrected chi connectivity index (χ4v) is 6.08. The van der Waals surface area contributed by atoms with E-state index >= 15 is 0 Å².